The number of hydrogen-bond donors (Lipinski definition) is 2. The second kappa shape index (κ2) is 1.73. The van der Waals surface area contributed by atoms with Gasteiger partial charge < -0.3 is 11.5 Å². The second-order valence-electron chi connectivity index (χ2n) is 1.91. The van der Waals surface area contributed by atoms with Crippen LogP contribution in [0.15, 0.2) is 24.3 Å². The predicted molar refractivity (Wildman–Crippen MR) is 33.7 cm³/mol. The maximum Gasteiger partial charge on any atom is 0.102 e. The molecule has 0 aromatic carbocycles. The molecule has 0 fully saturated rings. The van der Waals surface area contributed by atoms with Gasteiger partial charge in [-0.05, 0) is 12.2 Å². The highest BCUT2D eigenvalue weighted by atomic mass is 14.9. The van der Waals surface area contributed by atoms with Crippen LogP contribution in [0.2, 0.25) is 0 Å². The summed E-state index contributed by atoms with van der Waals surface area (Å²) in [7, 11) is 0. The molecule has 4 N–H and O–H groups in total. The predicted octanol–water partition coefficient (Wildman–Crippen LogP) is -0.0696. The Labute approximate surface area is 48.9 Å². The Morgan fingerprint density at radius 2 is 1.50 bits per heavy atom. The molecule has 1 radical (unpaired) electrons. The van der Waals surface area contributed by atoms with Gasteiger partial charge in [0.1, 0.15) is 5.66 Å². The van der Waals surface area contributed by atoms with E-state index in [-0.39, 0.29) is 0 Å². The maximum atomic E-state index is 5.46. The number of nitrogens with two attached hydrogens (primary N) is 2. The van der Waals surface area contributed by atoms with Gasteiger partial charge in [-0.1, -0.05) is 12.2 Å². The molecule has 2 heteroatoms. The Balaban J connectivity index is 2.69. The van der Waals surface area contributed by atoms with E-state index in [0.29, 0.717) is 0 Å². The van der Waals surface area contributed by atoms with Gasteiger partial charge in [0.05, 0.1) is 0 Å². The highest BCUT2D eigenvalue weighted by molar-refractivity contribution is 5.26. The molecule has 0 aliphatic heterocycles. The summed E-state index contributed by atoms with van der Waals surface area (Å²) in [4.78, 5) is 0. The summed E-state index contributed by atoms with van der Waals surface area (Å²) in [5.74, 6) is 0. The Bertz CT molecular complexity index is 119. The average molecular weight is 109 g/mol. The van der Waals surface area contributed by atoms with Crippen LogP contribution >= 0.6 is 0 Å². The topological polar surface area (TPSA) is 52.0 Å². The monoisotopic (exact) mass is 109 g/mol. The van der Waals surface area contributed by atoms with Crippen LogP contribution in [0.1, 0.15) is 0 Å². The molecule has 0 aromatic rings. The molecule has 2 nitrogen and oxygen atoms in total. The van der Waals surface area contributed by atoms with Crippen molar-refractivity contribution >= 4 is 0 Å². The fourth-order valence-corrected chi connectivity index (χ4v) is 0.564. The van der Waals surface area contributed by atoms with E-state index in [1.807, 2.05) is 18.6 Å². The Kier molecular flexibility index (Phi) is 1.19. The molecule has 0 atom stereocenters. The molecule has 0 saturated heterocycles. The van der Waals surface area contributed by atoms with Crippen molar-refractivity contribution in [2.75, 3.05) is 0 Å². The Morgan fingerprint density at radius 1 is 1.00 bits per heavy atom. The van der Waals surface area contributed by atoms with E-state index >= 15 is 0 Å². The molecular weight excluding hydrogens is 100 g/mol. The molecule has 0 heterocycles. The molecule has 0 unspecified atom stereocenters. The molecule has 0 amide bonds. The van der Waals surface area contributed by atoms with Crippen LogP contribution in [0, 0.1) is 6.42 Å². The van der Waals surface area contributed by atoms with Gasteiger partial charge in [-0.25, -0.2) is 0 Å². The first-order chi connectivity index (χ1) is 3.71. The summed E-state index contributed by atoms with van der Waals surface area (Å²) in [5.41, 5.74) is 10.2. The van der Waals surface area contributed by atoms with Gasteiger partial charge in [0.25, 0.3) is 0 Å². The van der Waals surface area contributed by atoms with Gasteiger partial charge in [0.2, 0.25) is 0 Å². The van der Waals surface area contributed by atoms with Crippen molar-refractivity contribution in [3.8, 4) is 0 Å². The minimum absolute atomic E-state index is 0.714. The molecular formula is C6H9N2. The van der Waals surface area contributed by atoms with Gasteiger partial charge in [-0.3, -0.25) is 0 Å². The summed E-state index contributed by atoms with van der Waals surface area (Å²) in [6, 6.07) is 0. The smallest absolute Gasteiger partial charge is 0.102 e. The lowest BCUT2D eigenvalue weighted by atomic mass is 10.1. The van der Waals surface area contributed by atoms with Crippen molar-refractivity contribution in [1.82, 2.24) is 0 Å². The third kappa shape index (κ3) is 1.18. The van der Waals surface area contributed by atoms with Crippen molar-refractivity contribution in [3.63, 3.8) is 0 Å². The molecule has 1 aliphatic rings. The van der Waals surface area contributed by atoms with Gasteiger partial charge in [-0.15, -0.1) is 0 Å². The van der Waals surface area contributed by atoms with E-state index in [1.165, 1.54) is 0 Å². The quantitative estimate of drug-likeness (QED) is 0.428. The van der Waals surface area contributed by atoms with Crippen LogP contribution in [0.4, 0.5) is 0 Å². The van der Waals surface area contributed by atoms with Crippen LogP contribution in [-0.4, -0.2) is 5.66 Å². The molecule has 1 rings (SSSR count). The fraction of sp³-hybridized carbons (Fsp3) is 0.167. The lowest BCUT2D eigenvalue weighted by Gasteiger charge is -2.16. The molecule has 0 spiro atoms. The van der Waals surface area contributed by atoms with Gasteiger partial charge in [-0.2, -0.15) is 0 Å². The van der Waals surface area contributed by atoms with Crippen LogP contribution in [0.3, 0.4) is 0 Å². The van der Waals surface area contributed by atoms with Crippen LogP contribution in [-0.2, 0) is 0 Å². The van der Waals surface area contributed by atoms with E-state index in [2.05, 4.69) is 0 Å². The minimum atomic E-state index is -0.714. The first-order valence-corrected chi connectivity index (χ1v) is 2.49. The second-order valence-corrected chi connectivity index (χ2v) is 1.91. The SMILES string of the molecule is NC1(N)C=C[CH]C=C1. The molecule has 0 bridgehead atoms. The largest absolute Gasteiger partial charge is 0.307 e. The van der Waals surface area contributed by atoms with Gasteiger partial charge >= 0.3 is 0 Å². The zero-order valence-corrected chi connectivity index (χ0v) is 4.54. The molecule has 43 valence electrons. The number of allylic oxidation sites excluding steroid dienone is 2. The number of hydrogen-bond acceptors (Lipinski definition) is 2. The summed E-state index contributed by atoms with van der Waals surface area (Å²) >= 11 is 0. The normalized spacial score (nSPS) is 23.8. The minimum Gasteiger partial charge on any atom is -0.307 e. The Morgan fingerprint density at radius 3 is 1.75 bits per heavy atom. The summed E-state index contributed by atoms with van der Waals surface area (Å²) in [5, 5.41) is 0. The third-order valence-electron chi connectivity index (χ3n) is 0.992. The third-order valence-corrected chi connectivity index (χ3v) is 0.992. The van der Waals surface area contributed by atoms with Crippen molar-refractivity contribution in [2.24, 2.45) is 11.5 Å². The van der Waals surface area contributed by atoms with Crippen LogP contribution < -0.4 is 11.5 Å². The lowest BCUT2D eigenvalue weighted by molar-refractivity contribution is 0.688. The van der Waals surface area contributed by atoms with E-state index in [1.54, 1.807) is 12.2 Å². The maximum absolute atomic E-state index is 5.46. The first kappa shape index (κ1) is 5.54. The van der Waals surface area contributed by atoms with Crippen LogP contribution in [0.25, 0.3) is 0 Å². The summed E-state index contributed by atoms with van der Waals surface area (Å²) < 4.78 is 0. The number of rotatable bonds is 0. The first-order valence-electron chi connectivity index (χ1n) is 2.49. The Hall–Kier alpha value is -0.600. The zero-order valence-electron chi connectivity index (χ0n) is 4.54. The lowest BCUT2D eigenvalue weighted by Crippen LogP contribution is -2.45. The summed E-state index contributed by atoms with van der Waals surface area (Å²) in [6.45, 7) is 0. The van der Waals surface area contributed by atoms with Crippen molar-refractivity contribution in [3.05, 3.63) is 30.7 Å². The standard InChI is InChI=1S/C6H9N2/c7-6(8)4-2-1-3-5-6/h1-5H,7-8H2. The van der Waals surface area contributed by atoms with E-state index in [9.17, 15) is 0 Å². The van der Waals surface area contributed by atoms with Crippen molar-refractivity contribution < 1.29 is 0 Å². The fourth-order valence-electron chi connectivity index (χ4n) is 0.564. The van der Waals surface area contributed by atoms with E-state index in [4.69, 9.17) is 11.5 Å². The van der Waals surface area contributed by atoms with Crippen LogP contribution in [0.5, 0.6) is 0 Å². The zero-order chi connectivity index (χ0) is 6.04. The highest BCUT2D eigenvalue weighted by Crippen LogP contribution is 2.03. The van der Waals surface area contributed by atoms with Crippen molar-refractivity contribution in [2.45, 2.75) is 5.66 Å². The van der Waals surface area contributed by atoms with Crippen molar-refractivity contribution in [1.29, 1.82) is 0 Å². The molecule has 1 aliphatic carbocycles. The van der Waals surface area contributed by atoms with Gasteiger partial charge in [0.15, 0.2) is 0 Å². The summed E-state index contributed by atoms with van der Waals surface area (Å²) in [6.07, 6.45) is 9.04. The van der Waals surface area contributed by atoms with E-state index in [0.717, 1.165) is 0 Å². The average Bonchev–Trinajstić information content (AvgIpc) is 1.65. The van der Waals surface area contributed by atoms with Gasteiger partial charge in [0, 0.05) is 6.42 Å². The highest BCUT2D eigenvalue weighted by Gasteiger charge is 2.10. The van der Waals surface area contributed by atoms with E-state index < -0.39 is 5.66 Å². The molecule has 0 aromatic heterocycles. The molecule has 0 saturated carbocycles. The molecule has 8 heavy (non-hydrogen) atoms.